The normalized spacial score (nSPS) is 11.3. The second kappa shape index (κ2) is 6.80. The molecule has 0 atom stereocenters. The molecule has 0 radical (unpaired) electrons. The van der Waals surface area contributed by atoms with E-state index >= 15 is 0 Å². The summed E-state index contributed by atoms with van der Waals surface area (Å²) >= 11 is 0. The minimum Gasteiger partial charge on any atom is -0.382 e. The molecule has 0 bridgehead atoms. The van der Waals surface area contributed by atoms with Crippen molar-refractivity contribution in [2.24, 2.45) is 0 Å². The van der Waals surface area contributed by atoms with Gasteiger partial charge in [-0.1, -0.05) is 0 Å². The van der Waals surface area contributed by atoms with Gasteiger partial charge in [0.1, 0.15) is 17.0 Å². The highest BCUT2D eigenvalue weighted by Gasteiger charge is 2.21. The maximum Gasteiger partial charge on any atom is 0.273 e. The predicted octanol–water partition coefficient (Wildman–Crippen LogP) is 2.82. The molecule has 28 heavy (non-hydrogen) atoms. The van der Waals surface area contributed by atoms with Crippen molar-refractivity contribution in [2.45, 2.75) is 26.8 Å². The van der Waals surface area contributed by atoms with Crippen LogP contribution in [0.2, 0.25) is 0 Å². The highest BCUT2D eigenvalue weighted by atomic mass is 16.2. The molecule has 4 N–H and O–H groups in total. The first-order valence-corrected chi connectivity index (χ1v) is 9.00. The summed E-state index contributed by atoms with van der Waals surface area (Å²) in [6.07, 6.45) is 5.55. The minimum absolute atomic E-state index is 0.0369. The lowest BCUT2D eigenvalue weighted by Crippen LogP contribution is -2.31. The number of nitrogen functional groups attached to an aromatic ring is 1. The molecule has 8 heteroatoms. The molecule has 0 saturated heterocycles. The number of nitrogens with zero attached hydrogens (tertiary/aromatic N) is 4. The summed E-state index contributed by atoms with van der Waals surface area (Å²) in [6.45, 7) is 5.74. The fraction of sp³-hybridized carbons (Fsp3) is 0.200. The van der Waals surface area contributed by atoms with Gasteiger partial charge in [-0.25, -0.2) is 15.0 Å². The van der Waals surface area contributed by atoms with Crippen molar-refractivity contribution in [1.29, 1.82) is 0 Å². The summed E-state index contributed by atoms with van der Waals surface area (Å²) in [6, 6.07) is 7.55. The van der Waals surface area contributed by atoms with Crippen molar-refractivity contribution < 1.29 is 4.79 Å². The molecule has 4 rings (SSSR count). The van der Waals surface area contributed by atoms with Crippen LogP contribution in [0.3, 0.4) is 0 Å². The van der Waals surface area contributed by atoms with Gasteiger partial charge in [0.25, 0.3) is 5.91 Å². The largest absolute Gasteiger partial charge is 0.382 e. The van der Waals surface area contributed by atoms with Crippen LogP contribution in [-0.4, -0.2) is 36.3 Å². The highest BCUT2D eigenvalue weighted by Crippen LogP contribution is 2.30. The molecule has 0 unspecified atom stereocenters. The summed E-state index contributed by atoms with van der Waals surface area (Å²) in [7, 11) is 0. The first-order chi connectivity index (χ1) is 13.4. The lowest BCUT2D eigenvalue weighted by molar-refractivity contribution is 0.0939. The first kappa shape index (κ1) is 17.7. The van der Waals surface area contributed by atoms with Crippen LogP contribution in [0.15, 0.2) is 42.9 Å². The second-order valence-corrected chi connectivity index (χ2v) is 6.91. The minimum atomic E-state index is -0.348. The van der Waals surface area contributed by atoms with Crippen molar-refractivity contribution in [2.75, 3.05) is 5.73 Å². The fourth-order valence-corrected chi connectivity index (χ4v) is 3.06. The van der Waals surface area contributed by atoms with Gasteiger partial charge in [0, 0.05) is 35.9 Å². The summed E-state index contributed by atoms with van der Waals surface area (Å²) in [5, 5.41) is 2.82. The van der Waals surface area contributed by atoms with Crippen LogP contribution in [-0.2, 0) is 0 Å². The van der Waals surface area contributed by atoms with E-state index in [1.807, 2.05) is 55.6 Å². The number of hydrogen-bond acceptors (Lipinski definition) is 5. The number of aromatic amines is 1. The molecular formula is C20H21N7O. The van der Waals surface area contributed by atoms with Crippen LogP contribution in [0.1, 0.15) is 30.0 Å². The summed E-state index contributed by atoms with van der Waals surface area (Å²) in [4.78, 5) is 29.2. The van der Waals surface area contributed by atoms with E-state index in [0.717, 1.165) is 22.6 Å². The van der Waals surface area contributed by atoms with Gasteiger partial charge in [-0.3, -0.25) is 4.79 Å². The standard InChI is InChI=1S/C20H21N7O/c1-11(2)24-20(28)18-19(21)26-17(14-5-4-8-22-14)16(25-18)13-6-7-15-23-9-12(3)27(15)10-13/h4-11,22H,1-3H3,(H2,21,26)(H,24,28). The van der Waals surface area contributed by atoms with Crippen molar-refractivity contribution >= 4 is 17.4 Å². The Hall–Kier alpha value is -3.68. The summed E-state index contributed by atoms with van der Waals surface area (Å²) in [5.74, 6) is -0.259. The maximum atomic E-state index is 12.6. The van der Waals surface area contributed by atoms with Gasteiger partial charge >= 0.3 is 0 Å². The van der Waals surface area contributed by atoms with Gasteiger partial charge in [0.2, 0.25) is 0 Å². The number of nitrogens with one attached hydrogen (secondary N) is 2. The molecule has 0 spiro atoms. The van der Waals surface area contributed by atoms with E-state index in [1.54, 1.807) is 12.4 Å². The Balaban J connectivity index is 1.93. The molecule has 0 aromatic carbocycles. The van der Waals surface area contributed by atoms with E-state index in [2.05, 4.69) is 25.3 Å². The summed E-state index contributed by atoms with van der Waals surface area (Å²) in [5.41, 5.74) is 10.8. The zero-order chi connectivity index (χ0) is 19.8. The number of anilines is 1. The fourth-order valence-electron chi connectivity index (χ4n) is 3.06. The second-order valence-electron chi connectivity index (χ2n) is 6.91. The SMILES string of the molecule is Cc1cnc2ccc(-c3nc(C(=O)NC(C)C)c(N)nc3-c3ccc[nH]3)cn12. The third-order valence-electron chi connectivity index (χ3n) is 4.37. The Morgan fingerprint density at radius 3 is 2.75 bits per heavy atom. The number of nitrogens with two attached hydrogens (primary N) is 1. The number of rotatable bonds is 4. The van der Waals surface area contributed by atoms with Crippen molar-refractivity contribution in [1.82, 2.24) is 29.7 Å². The van der Waals surface area contributed by atoms with Gasteiger partial charge in [-0.15, -0.1) is 0 Å². The molecule has 0 aliphatic rings. The van der Waals surface area contributed by atoms with Crippen LogP contribution in [0, 0.1) is 6.92 Å². The molecule has 0 aliphatic heterocycles. The Morgan fingerprint density at radius 2 is 2.04 bits per heavy atom. The first-order valence-electron chi connectivity index (χ1n) is 9.00. The number of hydrogen-bond donors (Lipinski definition) is 3. The van der Waals surface area contributed by atoms with Crippen LogP contribution in [0.5, 0.6) is 0 Å². The zero-order valence-corrected chi connectivity index (χ0v) is 15.9. The Kier molecular flexibility index (Phi) is 4.31. The molecule has 0 saturated carbocycles. The van der Waals surface area contributed by atoms with Gasteiger partial charge in [0.05, 0.1) is 5.69 Å². The molecule has 1 amide bonds. The van der Waals surface area contributed by atoms with Crippen LogP contribution >= 0.6 is 0 Å². The van der Waals surface area contributed by atoms with E-state index in [0.29, 0.717) is 11.4 Å². The molecular weight excluding hydrogens is 354 g/mol. The lowest BCUT2D eigenvalue weighted by atomic mass is 10.1. The Bertz CT molecular complexity index is 1160. The lowest BCUT2D eigenvalue weighted by Gasteiger charge is -2.14. The molecule has 0 fully saturated rings. The monoisotopic (exact) mass is 375 g/mol. The Labute approximate surface area is 161 Å². The van der Waals surface area contributed by atoms with Gasteiger partial charge in [-0.2, -0.15) is 0 Å². The number of H-pyrrole nitrogens is 1. The number of pyridine rings is 1. The number of aryl methyl sites for hydroxylation is 1. The maximum absolute atomic E-state index is 12.6. The average Bonchev–Trinajstić information content (AvgIpc) is 3.31. The third kappa shape index (κ3) is 3.09. The smallest absolute Gasteiger partial charge is 0.273 e. The van der Waals surface area contributed by atoms with Crippen LogP contribution in [0.4, 0.5) is 5.82 Å². The van der Waals surface area contributed by atoms with Crippen LogP contribution in [0.25, 0.3) is 28.3 Å². The molecule has 0 aliphatic carbocycles. The summed E-state index contributed by atoms with van der Waals surface area (Å²) < 4.78 is 1.97. The highest BCUT2D eigenvalue weighted by molar-refractivity contribution is 5.98. The third-order valence-corrected chi connectivity index (χ3v) is 4.37. The predicted molar refractivity (Wildman–Crippen MR) is 108 cm³/mol. The molecule has 4 aromatic heterocycles. The van der Waals surface area contributed by atoms with E-state index in [1.165, 1.54) is 0 Å². The molecule has 142 valence electrons. The average molecular weight is 375 g/mol. The van der Waals surface area contributed by atoms with E-state index in [9.17, 15) is 4.79 Å². The van der Waals surface area contributed by atoms with Crippen molar-refractivity contribution in [3.05, 3.63) is 54.2 Å². The number of amides is 1. The molecule has 4 aromatic rings. The number of carbonyl (C=O) groups excluding carboxylic acids is 1. The topological polar surface area (TPSA) is 114 Å². The van der Waals surface area contributed by atoms with Crippen molar-refractivity contribution in [3.63, 3.8) is 0 Å². The van der Waals surface area contributed by atoms with Gasteiger partial charge in [0.15, 0.2) is 11.5 Å². The van der Waals surface area contributed by atoms with Crippen LogP contribution < -0.4 is 11.1 Å². The zero-order valence-electron chi connectivity index (χ0n) is 15.9. The number of aromatic nitrogens is 5. The van der Waals surface area contributed by atoms with Gasteiger partial charge in [-0.05, 0) is 45.0 Å². The van der Waals surface area contributed by atoms with Gasteiger partial charge < -0.3 is 20.4 Å². The number of imidazole rings is 1. The Morgan fingerprint density at radius 1 is 1.21 bits per heavy atom. The quantitative estimate of drug-likeness (QED) is 0.507. The van der Waals surface area contributed by atoms with E-state index in [4.69, 9.17) is 5.73 Å². The number of carbonyl (C=O) groups is 1. The number of fused-ring (bicyclic) bond motifs is 1. The molecule has 8 nitrogen and oxygen atoms in total. The van der Waals surface area contributed by atoms with E-state index < -0.39 is 0 Å². The van der Waals surface area contributed by atoms with E-state index in [-0.39, 0.29) is 23.5 Å². The van der Waals surface area contributed by atoms with Crippen molar-refractivity contribution in [3.8, 4) is 22.6 Å². The molecule has 4 heterocycles.